The van der Waals surface area contributed by atoms with E-state index in [1.54, 1.807) is 24.3 Å². The molecule has 0 bridgehead atoms. The molecule has 1 rings (SSSR count). The summed E-state index contributed by atoms with van der Waals surface area (Å²) in [4.78, 5) is 35.2. The molecule has 6 nitrogen and oxygen atoms in total. The first kappa shape index (κ1) is 17.7. The molecule has 0 radical (unpaired) electrons. The van der Waals surface area contributed by atoms with E-state index in [9.17, 15) is 14.4 Å². The van der Waals surface area contributed by atoms with Gasteiger partial charge in [0.25, 0.3) is 5.91 Å². The standard InChI is InChI=1S/C16H22N2O4/c1-5-10(2)14(16(21)22-4)18-15(20)12-7-6-8-13(9-12)17-11(3)19/h6-10,14H,5H2,1-4H3,(H,17,19)(H,18,20)/t10-,14-/m1/s1. The quantitative estimate of drug-likeness (QED) is 0.787. The van der Waals surface area contributed by atoms with Gasteiger partial charge in [0, 0.05) is 18.2 Å². The first-order valence-corrected chi connectivity index (χ1v) is 7.15. The van der Waals surface area contributed by atoms with Gasteiger partial charge in [-0.2, -0.15) is 0 Å². The van der Waals surface area contributed by atoms with Gasteiger partial charge in [-0.25, -0.2) is 4.79 Å². The van der Waals surface area contributed by atoms with Gasteiger partial charge in [0.1, 0.15) is 6.04 Å². The Balaban J connectivity index is 2.90. The second kappa shape index (κ2) is 8.17. The Hall–Kier alpha value is -2.37. The molecule has 0 fully saturated rings. The van der Waals surface area contributed by atoms with Crippen LogP contribution < -0.4 is 10.6 Å². The number of hydrogen-bond donors (Lipinski definition) is 2. The molecule has 0 aliphatic carbocycles. The van der Waals surface area contributed by atoms with Gasteiger partial charge in [0.15, 0.2) is 0 Å². The van der Waals surface area contributed by atoms with E-state index in [0.29, 0.717) is 11.3 Å². The highest BCUT2D eigenvalue weighted by Crippen LogP contribution is 2.13. The Morgan fingerprint density at radius 1 is 1.27 bits per heavy atom. The van der Waals surface area contributed by atoms with Crippen molar-refractivity contribution >= 4 is 23.5 Å². The van der Waals surface area contributed by atoms with E-state index in [0.717, 1.165) is 6.42 Å². The van der Waals surface area contributed by atoms with Crippen LogP contribution in [0.2, 0.25) is 0 Å². The van der Waals surface area contributed by atoms with Crippen molar-refractivity contribution in [2.75, 3.05) is 12.4 Å². The molecule has 1 aromatic carbocycles. The fraction of sp³-hybridized carbons (Fsp3) is 0.438. The molecular weight excluding hydrogens is 284 g/mol. The van der Waals surface area contributed by atoms with Crippen molar-refractivity contribution in [1.29, 1.82) is 0 Å². The van der Waals surface area contributed by atoms with Gasteiger partial charge >= 0.3 is 5.97 Å². The maximum Gasteiger partial charge on any atom is 0.328 e. The second-order valence-electron chi connectivity index (χ2n) is 5.12. The number of amides is 2. The molecule has 22 heavy (non-hydrogen) atoms. The van der Waals surface area contributed by atoms with Crippen molar-refractivity contribution in [3.63, 3.8) is 0 Å². The minimum absolute atomic E-state index is 0.0464. The maximum absolute atomic E-state index is 12.3. The second-order valence-corrected chi connectivity index (χ2v) is 5.12. The lowest BCUT2D eigenvalue weighted by Gasteiger charge is -2.22. The number of carbonyl (C=O) groups excluding carboxylic acids is 3. The number of nitrogens with one attached hydrogen (secondary N) is 2. The van der Waals surface area contributed by atoms with Crippen molar-refractivity contribution in [3.05, 3.63) is 29.8 Å². The van der Waals surface area contributed by atoms with Crippen molar-refractivity contribution in [2.45, 2.75) is 33.2 Å². The molecule has 2 amide bonds. The minimum atomic E-state index is -0.702. The van der Waals surface area contributed by atoms with E-state index in [1.165, 1.54) is 14.0 Å². The van der Waals surface area contributed by atoms with Crippen LogP contribution >= 0.6 is 0 Å². The number of hydrogen-bond acceptors (Lipinski definition) is 4. The lowest BCUT2D eigenvalue weighted by atomic mass is 9.99. The van der Waals surface area contributed by atoms with Crippen LogP contribution in [0.1, 0.15) is 37.6 Å². The smallest absolute Gasteiger partial charge is 0.328 e. The van der Waals surface area contributed by atoms with Crippen molar-refractivity contribution < 1.29 is 19.1 Å². The number of benzene rings is 1. The monoisotopic (exact) mass is 306 g/mol. The predicted molar refractivity (Wildman–Crippen MR) is 83.5 cm³/mol. The Labute approximate surface area is 130 Å². The number of methoxy groups -OCH3 is 1. The number of rotatable bonds is 6. The predicted octanol–water partition coefficient (Wildman–Crippen LogP) is 1.96. The third-order valence-electron chi connectivity index (χ3n) is 3.40. The highest BCUT2D eigenvalue weighted by Gasteiger charge is 2.27. The van der Waals surface area contributed by atoms with Crippen LogP contribution in [0.3, 0.4) is 0 Å². The molecule has 0 aliphatic heterocycles. The van der Waals surface area contributed by atoms with Crippen molar-refractivity contribution in [1.82, 2.24) is 5.32 Å². The number of carbonyl (C=O) groups is 3. The Morgan fingerprint density at radius 3 is 2.50 bits per heavy atom. The molecule has 0 saturated carbocycles. The molecule has 0 aromatic heterocycles. The summed E-state index contributed by atoms with van der Waals surface area (Å²) in [7, 11) is 1.29. The zero-order valence-corrected chi connectivity index (χ0v) is 13.3. The molecule has 0 unspecified atom stereocenters. The van der Waals surface area contributed by atoms with Crippen LogP contribution in [0, 0.1) is 5.92 Å². The summed E-state index contributed by atoms with van der Waals surface area (Å²) in [5, 5.41) is 5.30. The molecule has 2 N–H and O–H groups in total. The van der Waals surface area contributed by atoms with Gasteiger partial charge in [-0.3, -0.25) is 9.59 Å². The molecule has 0 spiro atoms. The normalized spacial score (nSPS) is 12.9. The van der Waals surface area contributed by atoms with Crippen LogP contribution in [0.25, 0.3) is 0 Å². The van der Waals surface area contributed by atoms with E-state index in [2.05, 4.69) is 10.6 Å². The number of anilines is 1. The topological polar surface area (TPSA) is 84.5 Å². The zero-order chi connectivity index (χ0) is 16.7. The van der Waals surface area contributed by atoms with E-state index in [4.69, 9.17) is 4.74 Å². The fourth-order valence-corrected chi connectivity index (χ4v) is 1.96. The summed E-state index contributed by atoms with van der Waals surface area (Å²) in [5.74, 6) is -1.12. The highest BCUT2D eigenvalue weighted by molar-refractivity contribution is 5.98. The minimum Gasteiger partial charge on any atom is -0.467 e. The van der Waals surface area contributed by atoms with Gasteiger partial charge in [0.05, 0.1) is 7.11 Å². The first-order chi connectivity index (χ1) is 10.4. The summed E-state index contributed by atoms with van der Waals surface area (Å²) >= 11 is 0. The molecule has 0 aliphatic rings. The maximum atomic E-state index is 12.3. The Kier molecular flexibility index (Phi) is 6.56. The van der Waals surface area contributed by atoms with E-state index >= 15 is 0 Å². The molecule has 1 aromatic rings. The van der Waals surface area contributed by atoms with Crippen LogP contribution in [0.4, 0.5) is 5.69 Å². The van der Waals surface area contributed by atoms with Gasteiger partial charge in [-0.15, -0.1) is 0 Å². The summed E-state index contributed by atoms with van der Waals surface area (Å²) in [5.41, 5.74) is 0.891. The Morgan fingerprint density at radius 2 is 1.95 bits per heavy atom. The summed E-state index contributed by atoms with van der Waals surface area (Å²) in [6.07, 6.45) is 0.728. The molecule has 6 heteroatoms. The van der Waals surface area contributed by atoms with Crippen molar-refractivity contribution in [3.8, 4) is 0 Å². The molecular formula is C16H22N2O4. The summed E-state index contributed by atoms with van der Waals surface area (Å²) in [6, 6.07) is 5.82. The molecule has 0 saturated heterocycles. The third-order valence-corrected chi connectivity index (χ3v) is 3.40. The molecule has 120 valence electrons. The number of ether oxygens (including phenoxy) is 1. The number of esters is 1. The lowest BCUT2D eigenvalue weighted by Crippen LogP contribution is -2.45. The summed E-state index contributed by atoms with van der Waals surface area (Å²) < 4.78 is 4.74. The third kappa shape index (κ3) is 4.87. The average Bonchev–Trinajstić information content (AvgIpc) is 2.50. The van der Waals surface area contributed by atoms with E-state index in [1.807, 2.05) is 13.8 Å². The van der Waals surface area contributed by atoms with Crippen LogP contribution in [0.5, 0.6) is 0 Å². The zero-order valence-electron chi connectivity index (χ0n) is 13.3. The average molecular weight is 306 g/mol. The highest BCUT2D eigenvalue weighted by atomic mass is 16.5. The van der Waals surface area contributed by atoms with Gasteiger partial charge < -0.3 is 15.4 Å². The van der Waals surface area contributed by atoms with Gasteiger partial charge in [0.2, 0.25) is 5.91 Å². The van der Waals surface area contributed by atoms with Crippen LogP contribution in [-0.2, 0) is 14.3 Å². The van der Waals surface area contributed by atoms with Gasteiger partial charge in [-0.1, -0.05) is 26.3 Å². The van der Waals surface area contributed by atoms with E-state index < -0.39 is 12.0 Å². The fourth-order valence-electron chi connectivity index (χ4n) is 1.96. The lowest BCUT2D eigenvalue weighted by molar-refractivity contribution is -0.144. The molecule has 0 heterocycles. The van der Waals surface area contributed by atoms with Crippen LogP contribution in [0.15, 0.2) is 24.3 Å². The SMILES string of the molecule is CC[C@@H](C)[C@@H](NC(=O)c1cccc(NC(C)=O)c1)C(=O)OC. The van der Waals surface area contributed by atoms with Crippen LogP contribution in [-0.4, -0.2) is 30.9 Å². The largest absolute Gasteiger partial charge is 0.467 e. The van der Waals surface area contributed by atoms with E-state index in [-0.39, 0.29) is 17.7 Å². The first-order valence-electron chi connectivity index (χ1n) is 7.15. The summed E-state index contributed by atoms with van der Waals surface area (Å²) in [6.45, 7) is 5.20. The van der Waals surface area contributed by atoms with Crippen molar-refractivity contribution in [2.24, 2.45) is 5.92 Å². The molecule has 2 atom stereocenters. The Bertz CT molecular complexity index is 557. The van der Waals surface area contributed by atoms with Gasteiger partial charge in [-0.05, 0) is 24.1 Å².